The molecule has 9 heteroatoms. The number of alkyl carbamates (subject to hydrolysis) is 1. The summed E-state index contributed by atoms with van der Waals surface area (Å²) >= 11 is 0. The third-order valence-electron chi connectivity index (χ3n) is 4.36. The van der Waals surface area contributed by atoms with Crippen LogP contribution in [-0.4, -0.2) is 54.1 Å². The van der Waals surface area contributed by atoms with Gasteiger partial charge in [0.25, 0.3) is 0 Å². The summed E-state index contributed by atoms with van der Waals surface area (Å²) in [6.07, 6.45) is 0.505. The summed E-state index contributed by atoms with van der Waals surface area (Å²) in [6.45, 7) is 11.4. The van der Waals surface area contributed by atoms with Gasteiger partial charge in [0, 0.05) is 25.0 Å². The monoisotopic (exact) mass is 476 g/mol. The first kappa shape index (κ1) is 28.9. The molecule has 1 unspecified atom stereocenters. The Bertz CT molecular complexity index is 813. The van der Waals surface area contributed by atoms with Crippen LogP contribution in [0.1, 0.15) is 66.4 Å². The van der Waals surface area contributed by atoms with Crippen molar-refractivity contribution in [1.82, 2.24) is 21.3 Å². The number of benzene rings is 1. The topological polar surface area (TPSA) is 126 Å². The van der Waals surface area contributed by atoms with Crippen LogP contribution in [0.2, 0.25) is 0 Å². The fraction of sp³-hybridized carbons (Fsp3) is 0.600. The second-order valence-corrected chi connectivity index (χ2v) is 10.2. The molecule has 4 amide bonds. The number of aryl methyl sites for hydroxylation is 1. The second-order valence-electron chi connectivity index (χ2n) is 10.2. The van der Waals surface area contributed by atoms with Crippen molar-refractivity contribution in [1.29, 1.82) is 0 Å². The zero-order valence-electron chi connectivity index (χ0n) is 21.2. The smallest absolute Gasteiger partial charge is 0.407 e. The Balaban J connectivity index is 2.57. The molecule has 0 saturated heterocycles. The Morgan fingerprint density at radius 1 is 0.882 bits per heavy atom. The number of rotatable bonds is 11. The van der Waals surface area contributed by atoms with Crippen LogP contribution in [0.5, 0.6) is 0 Å². The molecule has 0 fully saturated rings. The molecule has 4 N–H and O–H groups in total. The molecule has 0 bridgehead atoms. The summed E-state index contributed by atoms with van der Waals surface area (Å²) in [5.74, 6) is -1.09. The van der Waals surface area contributed by atoms with E-state index in [0.29, 0.717) is 19.4 Å². The molecule has 0 spiro atoms. The first-order chi connectivity index (χ1) is 15.7. The lowest BCUT2D eigenvalue weighted by Gasteiger charge is -2.23. The highest BCUT2D eigenvalue weighted by molar-refractivity contribution is 5.92. The first-order valence-corrected chi connectivity index (χ1v) is 11.6. The Morgan fingerprint density at radius 3 is 2.09 bits per heavy atom. The molecule has 190 valence electrons. The van der Waals surface area contributed by atoms with Crippen LogP contribution in [0.4, 0.5) is 4.79 Å². The van der Waals surface area contributed by atoms with Crippen molar-refractivity contribution in [3.05, 3.63) is 35.9 Å². The van der Waals surface area contributed by atoms with Crippen LogP contribution in [0.25, 0.3) is 0 Å². The average molecular weight is 477 g/mol. The molecule has 34 heavy (non-hydrogen) atoms. The van der Waals surface area contributed by atoms with Crippen LogP contribution >= 0.6 is 0 Å². The van der Waals surface area contributed by atoms with Gasteiger partial charge in [0.1, 0.15) is 11.6 Å². The number of nitrogens with one attached hydrogen (secondary N) is 4. The Labute approximate surface area is 202 Å². The van der Waals surface area contributed by atoms with E-state index in [1.54, 1.807) is 20.8 Å². The number of hydrogen-bond donors (Lipinski definition) is 4. The standard InChI is InChI=1S/C25H40N4O5/c1-24(2,3)29-21(31)17-19(28-20(30)14-13-18-11-8-7-9-12-18)22(32)26-15-10-16-27-23(33)34-25(4,5)6/h7-9,11-12,19H,10,13-17H2,1-6H3,(H,26,32)(H,27,33)(H,28,30)(H,29,31). The molecule has 0 saturated carbocycles. The summed E-state index contributed by atoms with van der Waals surface area (Å²) in [7, 11) is 0. The molecular formula is C25H40N4O5. The minimum absolute atomic E-state index is 0.170. The fourth-order valence-corrected chi connectivity index (χ4v) is 2.96. The molecular weight excluding hydrogens is 436 g/mol. The predicted molar refractivity (Wildman–Crippen MR) is 131 cm³/mol. The minimum Gasteiger partial charge on any atom is -0.444 e. The van der Waals surface area contributed by atoms with E-state index >= 15 is 0 Å². The normalized spacial score (nSPS) is 12.3. The molecule has 0 heterocycles. The Morgan fingerprint density at radius 2 is 1.50 bits per heavy atom. The number of hydrogen-bond acceptors (Lipinski definition) is 5. The molecule has 1 rings (SSSR count). The van der Waals surface area contributed by atoms with Gasteiger partial charge in [0.15, 0.2) is 0 Å². The van der Waals surface area contributed by atoms with Gasteiger partial charge in [-0.05, 0) is 59.9 Å². The molecule has 0 radical (unpaired) electrons. The van der Waals surface area contributed by atoms with Gasteiger partial charge in [-0.15, -0.1) is 0 Å². The first-order valence-electron chi connectivity index (χ1n) is 11.6. The number of carbonyl (C=O) groups is 4. The zero-order chi connectivity index (χ0) is 25.8. The number of carbonyl (C=O) groups excluding carboxylic acids is 4. The molecule has 0 aliphatic carbocycles. The lowest BCUT2D eigenvalue weighted by molar-refractivity contribution is -0.132. The maximum atomic E-state index is 12.7. The van der Waals surface area contributed by atoms with E-state index in [9.17, 15) is 19.2 Å². The molecule has 9 nitrogen and oxygen atoms in total. The highest BCUT2D eigenvalue weighted by Crippen LogP contribution is 2.07. The Hall–Kier alpha value is -3.10. The quantitative estimate of drug-likeness (QED) is 0.365. The third-order valence-corrected chi connectivity index (χ3v) is 4.36. The van der Waals surface area contributed by atoms with Crippen molar-refractivity contribution in [2.75, 3.05) is 13.1 Å². The van der Waals surface area contributed by atoms with E-state index in [1.807, 2.05) is 51.1 Å². The predicted octanol–water partition coefficient (Wildman–Crippen LogP) is 2.44. The van der Waals surface area contributed by atoms with Gasteiger partial charge in [-0.3, -0.25) is 14.4 Å². The van der Waals surface area contributed by atoms with Gasteiger partial charge in [-0.25, -0.2) is 4.79 Å². The maximum Gasteiger partial charge on any atom is 0.407 e. The molecule has 1 atom stereocenters. The van der Waals surface area contributed by atoms with Crippen LogP contribution in [0.3, 0.4) is 0 Å². The SMILES string of the molecule is CC(C)(C)NC(=O)CC(NC(=O)CCc1ccccc1)C(=O)NCCCNC(=O)OC(C)(C)C. The van der Waals surface area contributed by atoms with E-state index in [2.05, 4.69) is 21.3 Å². The maximum absolute atomic E-state index is 12.7. The summed E-state index contributed by atoms with van der Waals surface area (Å²) < 4.78 is 5.16. The molecule has 0 aromatic heterocycles. The lowest BCUT2D eigenvalue weighted by atomic mass is 10.1. The molecule has 0 aliphatic rings. The third kappa shape index (κ3) is 14.1. The summed E-state index contributed by atoms with van der Waals surface area (Å²) in [4.78, 5) is 49.3. The van der Waals surface area contributed by atoms with E-state index in [1.165, 1.54) is 0 Å². The molecule has 1 aromatic carbocycles. The van der Waals surface area contributed by atoms with Gasteiger partial charge in [-0.1, -0.05) is 30.3 Å². The van der Waals surface area contributed by atoms with E-state index < -0.39 is 29.2 Å². The van der Waals surface area contributed by atoms with Gasteiger partial charge >= 0.3 is 6.09 Å². The molecule has 1 aromatic rings. The molecule has 0 aliphatic heterocycles. The summed E-state index contributed by atoms with van der Waals surface area (Å²) in [5, 5.41) is 10.8. The number of amides is 4. The van der Waals surface area contributed by atoms with Crippen LogP contribution in [-0.2, 0) is 25.5 Å². The Kier molecular flexibility index (Phi) is 11.5. The average Bonchev–Trinajstić information content (AvgIpc) is 2.69. The van der Waals surface area contributed by atoms with Gasteiger partial charge in [0.05, 0.1) is 6.42 Å². The van der Waals surface area contributed by atoms with Crippen LogP contribution in [0.15, 0.2) is 30.3 Å². The van der Waals surface area contributed by atoms with Crippen LogP contribution < -0.4 is 21.3 Å². The van der Waals surface area contributed by atoms with E-state index in [-0.39, 0.29) is 31.2 Å². The van der Waals surface area contributed by atoms with Crippen molar-refractivity contribution in [2.45, 2.75) is 84.4 Å². The van der Waals surface area contributed by atoms with E-state index in [0.717, 1.165) is 5.56 Å². The summed E-state index contributed by atoms with van der Waals surface area (Å²) in [5.41, 5.74) is -0.0257. The largest absolute Gasteiger partial charge is 0.444 e. The van der Waals surface area contributed by atoms with Gasteiger partial charge < -0.3 is 26.0 Å². The van der Waals surface area contributed by atoms with Gasteiger partial charge in [-0.2, -0.15) is 0 Å². The minimum atomic E-state index is -0.996. The highest BCUT2D eigenvalue weighted by atomic mass is 16.6. The summed E-state index contributed by atoms with van der Waals surface area (Å²) in [6, 6.07) is 8.57. The van der Waals surface area contributed by atoms with Crippen LogP contribution in [0, 0.1) is 0 Å². The number of ether oxygens (including phenoxy) is 1. The van der Waals surface area contributed by atoms with Crippen molar-refractivity contribution in [3.63, 3.8) is 0 Å². The van der Waals surface area contributed by atoms with Gasteiger partial charge in [0.2, 0.25) is 17.7 Å². The van der Waals surface area contributed by atoms with E-state index in [4.69, 9.17) is 4.74 Å². The van der Waals surface area contributed by atoms with Crippen molar-refractivity contribution < 1.29 is 23.9 Å². The van der Waals surface area contributed by atoms with Crippen molar-refractivity contribution in [3.8, 4) is 0 Å². The second kappa shape index (κ2) is 13.6. The van der Waals surface area contributed by atoms with Crippen molar-refractivity contribution >= 4 is 23.8 Å². The zero-order valence-corrected chi connectivity index (χ0v) is 21.2. The lowest BCUT2D eigenvalue weighted by Crippen LogP contribution is -2.51. The fourth-order valence-electron chi connectivity index (χ4n) is 2.96. The highest BCUT2D eigenvalue weighted by Gasteiger charge is 2.25. The van der Waals surface area contributed by atoms with Crippen molar-refractivity contribution in [2.24, 2.45) is 0 Å².